The summed E-state index contributed by atoms with van der Waals surface area (Å²) in [6, 6.07) is 2.85. The van der Waals surface area contributed by atoms with Crippen LogP contribution < -0.4 is 4.90 Å². The van der Waals surface area contributed by atoms with Gasteiger partial charge in [-0.05, 0) is 56.5 Å². The lowest BCUT2D eigenvalue weighted by molar-refractivity contribution is 0.122. The van der Waals surface area contributed by atoms with Crippen molar-refractivity contribution in [2.24, 2.45) is 0 Å². The first-order chi connectivity index (χ1) is 10.8. The zero-order valence-corrected chi connectivity index (χ0v) is 14.1. The van der Waals surface area contributed by atoms with Crippen LogP contribution in [0.2, 0.25) is 0 Å². The minimum absolute atomic E-state index is 0.569. The van der Waals surface area contributed by atoms with Gasteiger partial charge in [0.05, 0.1) is 13.2 Å². The van der Waals surface area contributed by atoms with Gasteiger partial charge in [-0.15, -0.1) is 0 Å². The van der Waals surface area contributed by atoms with Gasteiger partial charge < -0.3 is 9.64 Å². The third kappa shape index (κ3) is 3.44. The lowest BCUT2D eigenvalue weighted by Gasteiger charge is -2.37. The number of nitrogens with zero attached hydrogens (tertiary/aromatic N) is 3. The van der Waals surface area contributed by atoms with E-state index in [0.29, 0.717) is 6.04 Å². The van der Waals surface area contributed by atoms with Gasteiger partial charge in [-0.25, -0.2) is 4.98 Å². The molecule has 2 aliphatic heterocycles. The number of anilines is 1. The maximum absolute atomic E-state index is 5.44. The van der Waals surface area contributed by atoms with Crippen LogP contribution >= 0.6 is 0 Å². The molecule has 2 aliphatic rings. The molecular formula is C18H29N3O. The van der Waals surface area contributed by atoms with Crippen molar-refractivity contribution in [3.63, 3.8) is 0 Å². The molecule has 1 atom stereocenters. The van der Waals surface area contributed by atoms with Crippen molar-refractivity contribution >= 4 is 5.82 Å². The van der Waals surface area contributed by atoms with Gasteiger partial charge in [0, 0.05) is 25.3 Å². The van der Waals surface area contributed by atoms with E-state index in [-0.39, 0.29) is 0 Å². The first-order valence-corrected chi connectivity index (χ1v) is 8.83. The zero-order chi connectivity index (χ0) is 15.4. The average molecular weight is 303 g/mol. The molecule has 3 rings (SSSR count). The quantitative estimate of drug-likeness (QED) is 0.854. The van der Waals surface area contributed by atoms with Gasteiger partial charge in [0.15, 0.2) is 0 Å². The van der Waals surface area contributed by atoms with E-state index in [9.17, 15) is 0 Å². The van der Waals surface area contributed by atoms with Crippen molar-refractivity contribution in [2.75, 3.05) is 44.3 Å². The van der Waals surface area contributed by atoms with E-state index < -0.39 is 0 Å². The highest BCUT2D eigenvalue weighted by atomic mass is 16.5. The van der Waals surface area contributed by atoms with E-state index in [0.717, 1.165) is 32.1 Å². The molecule has 0 aromatic carbocycles. The van der Waals surface area contributed by atoms with Crippen LogP contribution in [0.3, 0.4) is 0 Å². The Morgan fingerprint density at radius 1 is 1.23 bits per heavy atom. The average Bonchev–Trinajstić information content (AvgIpc) is 2.57. The lowest BCUT2D eigenvalue weighted by atomic mass is 9.93. The summed E-state index contributed by atoms with van der Waals surface area (Å²) in [6.07, 6.45) is 7.33. The van der Waals surface area contributed by atoms with Crippen LogP contribution in [0.1, 0.15) is 49.8 Å². The Morgan fingerprint density at radius 3 is 2.77 bits per heavy atom. The Hall–Kier alpha value is -1.13. The normalized spacial score (nSPS) is 23.7. The van der Waals surface area contributed by atoms with Crippen molar-refractivity contribution in [1.29, 1.82) is 0 Å². The second-order valence-electron chi connectivity index (χ2n) is 6.55. The molecule has 3 heterocycles. The van der Waals surface area contributed by atoms with Gasteiger partial charge in [0.1, 0.15) is 5.82 Å². The molecule has 1 aromatic rings. The molecule has 22 heavy (non-hydrogen) atoms. The van der Waals surface area contributed by atoms with Gasteiger partial charge in [0.25, 0.3) is 0 Å². The molecule has 0 radical (unpaired) electrons. The van der Waals surface area contributed by atoms with Crippen LogP contribution in [-0.2, 0) is 4.74 Å². The van der Waals surface area contributed by atoms with E-state index >= 15 is 0 Å². The Bertz CT molecular complexity index is 483. The molecule has 2 saturated heterocycles. The summed E-state index contributed by atoms with van der Waals surface area (Å²) < 4.78 is 5.44. The summed E-state index contributed by atoms with van der Waals surface area (Å²) in [6.45, 7) is 10.5. The predicted molar refractivity (Wildman–Crippen MR) is 90.5 cm³/mol. The SMILES string of the molecule is CCCN1CCCC[C@H]1c1cnc(N2CCOCC2)cc1C. The van der Waals surface area contributed by atoms with Crippen molar-refractivity contribution in [3.05, 3.63) is 23.4 Å². The van der Waals surface area contributed by atoms with E-state index in [4.69, 9.17) is 9.72 Å². The molecule has 0 saturated carbocycles. The van der Waals surface area contributed by atoms with Crippen LogP contribution in [0.15, 0.2) is 12.3 Å². The summed E-state index contributed by atoms with van der Waals surface area (Å²) in [4.78, 5) is 9.77. The van der Waals surface area contributed by atoms with Crippen molar-refractivity contribution in [3.8, 4) is 0 Å². The van der Waals surface area contributed by atoms with Crippen LogP contribution in [0.5, 0.6) is 0 Å². The van der Waals surface area contributed by atoms with E-state index in [1.807, 2.05) is 0 Å². The summed E-state index contributed by atoms with van der Waals surface area (Å²) in [7, 11) is 0. The van der Waals surface area contributed by atoms with Gasteiger partial charge in [0.2, 0.25) is 0 Å². The smallest absolute Gasteiger partial charge is 0.128 e. The topological polar surface area (TPSA) is 28.6 Å². The second-order valence-corrected chi connectivity index (χ2v) is 6.55. The highest BCUT2D eigenvalue weighted by Crippen LogP contribution is 2.33. The number of hydrogen-bond acceptors (Lipinski definition) is 4. The molecule has 122 valence electrons. The van der Waals surface area contributed by atoms with Gasteiger partial charge in [-0.1, -0.05) is 13.3 Å². The number of rotatable bonds is 4. The highest BCUT2D eigenvalue weighted by Gasteiger charge is 2.25. The molecule has 0 amide bonds. The molecule has 0 unspecified atom stereocenters. The Kier molecular flexibility index (Phi) is 5.32. The third-order valence-electron chi connectivity index (χ3n) is 4.96. The second kappa shape index (κ2) is 7.42. The number of aryl methyl sites for hydroxylation is 1. The minimum Gasteiger partial charge on any atom is -0.378 e. The fourth-order valence-electron chi connectivity index (χ4n) is 3.76. The Morgan fingerprint density at radius 2 is 2.05 bits per heavy atom. The molecule has 0 spiro atoms. The van der Waals surface area contributed by atoms with Crippen molar-refractivity contribution in [2.45, 2.75) is 45.6 Å². The van der Waals surface area contributed by atoms with Crippen LogP contribution in [0.25, 0.3) is 0 Å². The van der Waals surface area contributed by atoms with Gasteiger partial charge in [-0.2, -0.15) is 0 Å². The summed E-state index contributed by atoms with van der Waals surface area (Å²) in [5, 5.41) is 0. The monoisotopic (exact) mass is 303 g/mol. The van der Waals surface area contributed by atoms with Gasteiger partial charge in [-0.3, -0.25) is 4.90 Å². The van der Waals surface area contributed by atoms with Crippen molar-refractivity contribution < 1.29 is 4.74 Å². The number of ether oxygens (including phenoxy) is 1. The Balaban J connectivity index is 1.78. The zero-order valence-electron chi connectivity index (χ0n) is 14.1. The molecule has 0 bridgehead atoms. The maximum Gasteiger partial charge on any atom is 0.128 e. The molecule has 2 fully saturated rings. The minimum atomic E-state index is 0.569. The Labute approximate surface area is 134 Å². The number of morpholine rings is 1. The fraction of sp³-hybridized carbons (Fsp3) is 0.722. The number of aromatic nitrogens is 1. The standard InChI is InChI=1S/C18H29N3O/c1-3-7-20-8-5-4-6-17(20)16-14-19-18(13-15(16)2)21-9-11-22-12-10-21/h13-14,17H,3-12H2,1-2H3/t17-/m0/s1. The molecule has 0 aliphatic carbocycles. The highest BCUT2D eigenvalue weighted by molar-refractivity contribution is 5.44. The number of piperidine rings is 1. The van der Waals surface area contributed by atoms with Crippen molar-refractivity contribution in [1.82, 2.24) is 9.88 Å². The molecular weight excluding hydrogens is 274 g/mol. The molecule has 1 aromatic heterocycles. The summed E-state index contributed by atoms with van der Waals surface area (Å²) in [5.74, 6) is 1.11. The predicted octanol–water partition coefficient (Wildman–Crippen LogP) is 3.16. The van der Waals surface area contributed by atoms with Gasteiger partial charge >= 0.3 is 0 Å². The van der Waals surface area contributed by atoms with E-state index in [1.54, 1.807) is 0 Å². The summed E-state index contributed by atoms with van der Waals surface area (Å²) in [5.41, 5.74) is 2.83. The first kappa shape index (κ1) is 15.8. The lowest BCUT2D eigenvalue weighted by Crippen LogP contribution is -2.37. The van der Waals surface area contributed by atoms with E-state index in [1.165, 1.54) is 49.9 Å². The fourth-order valence-corrected chi connectivity index (χ4v) is 3.76. The van der Waals surface area contributed by atoms with Crippen LogP contribution in [0.4, 0.5) is 5.82 Å². The van der Waals surface area contributed by atoms with E-state index in [2.05, 4.69) is 35.9 Å². The van der Waals surface area contributed by atoms with Crippen LogP contribution in [-0.4, -0.2) is 49.3 Å². The molecule has 0 N–H and O–H groups in total. The van der Waals surface area contributed by atoms with Crippen LogP contribution in [0, 0.1) is 6.92 Å². The molecule has 4 heteroatoms. The number of hydrogen-bond donors (Lipinski definition) is 0. The first-order valence-electron chi connectivity index (χ1n) is 8.83. The summed E-state index contributed by atoms with van der Waals surface area (Å²) >= 11 is 0. The maximum atomic E-state index is 5.44. The number of pyridine rings is 1. The largest absolute Gasteiger partial charge is 0.378 e. The third-order valence-corrected chi connectivity index (χ3v) is 4.96. The molecule has 4 nitrogen and oxygen atoms in total. The number of likely N-dealkylation sites (tertiary alicyclic amines) is 1.